The Bertz CT molecular complexity index is 701. The molecule has 0 aromatic carbocycles. The van der Waals surface area contributed by atoms with Crippen molar-refractivity contribution in [2.75, 3.05) is 26.4 Å². The smallest absolute Gasteiger partial charge is 0.308 e. The SMILES string of the molecule is CCCCCCCCCCCCCCCC(=O)N[C@H]1CC[C@H](NC(=O)CCOCCOCCC(=O)OC(C)(C)C)CC1. The Labute approximate surface area is 257 Å². The normalized spacial score (nSPS) is 17.1. The molecule has 0 unspecified atom stereocenters. The van der Waals surface area contributed by atoms with Crippen LogP contribution in [0.5, 0.6) is 0 Å². The minimum atomic E-state index is -0.485. The Kier molecular flexibility index (Phi) is 22.6. The van der Waals surface area contributed by atoms with E-state index in [4.69, 9.17) is 14.2 Å². The zero-order valence-corrected chi connectivity index (χ0v) is 27.6. The molecule has 0 aromatic heterocycles. The van der Waals surface area contributed by atoms with Gasteiger partial charge >= 0.3 is 5.97 Å². The summed E-state index contributed by atoms with van der Waals surface area (Å²) >= 11 is 0. The van der Waals surface area contributed by atoms with E-state index in [1.54, 1.807) is 0 Å². The number of esters is 1. The third-order valence-corrected chi connectivity index (χ3v) is 7.68. The average Bonchev–Trinajstić information content (AvgIpc) is 2.93. The van der Waals surface area contributed by atoms with Crippen molar-refractivity contribution in [3.05, 3.63) is 0 Å². The van der Waals surface area contributed by atoms with Crippen molar-refractivity contribution < 1.29 is 28.6 Å². The summed E-state index contributed by atoms with van der Waals surface area (Å²) in [7, 11) is 0. The van der Waals surface area contributed by atoms with Crippen molar-refractivity contribution in [3.63, 3.8) is 0 Å². The Hall–Kier alpha value is -1.67. The van der Waals surface area contributed by atoms with E-state index in [-0.39, 0.29) is 36.3 Å². The summed E-state index contributed by atoms with van der Waals surface area (Å²) in [5.74, 6) is -0.103. The molecule has 1 rings (SSSR count). The van der Waals surface area contributed by atoms with Gasteiger partial charge in [-0.15, -0.1) is 0 Å². The molecule has 0 saturated heterocycles. The van der Waals surface area contributed by atoms with E-state index in [2.05, 4.69) is 17.6 Å². The van der Waals surface area contributed by atoms with Gasteiger partial charge in [0, 0.05) is 24.9 Å². The van der Waals surface area contributed by atoms with Crippen LogP contribution in [0.4, 0.5) is 0 Å². The van der Waals surface area contributed by atoms with Gasteiger partial charge in [0.05, 0.1) is 32.8 Å². The second-order valence-corrected chi connectivity index (χ2v) is 13.0. The highest BCUT2D eigenvalue weighted by atomic mass is 16.6. The molecule has 42 heavy (non-hydrogen) atoms. The second-order valence-electron chi connectivity index (χ2n) is 13.0. The Morgan fingerprint density at radius 2 is 0.976 bits per heavy atom. The molecule has 0 bridgehead atoms. The van der Waals surface area contributed by atoms with Crippen LogP contribution in [0, 0.1) is 0 Å². The first-order chi connectivity index (χ1) is 20.2. The molecule has 0 heterocycles. The lowest BCUT2D eigenvalue weighted by Crippen LogP contribution is -2.43. The molecule has 0 radical (unpaired) electrons. The second kappa shape index (κ2) is 24.7. The molecule has 246 valence electrons. The molecule has 8 nitrogen and oxygen atoms in total. The fourth-order valence-electron chi connectivity index (χ4n) is 5.32. The Morgan fingerprint density at radius 1 is 0.571 bits per heavy atom. The van der Waals surface area contributed by atoms with Crippen LogP contribution in [0.25, 0.3) is 0 Å². The number of amides is 2. The standard InChI is InChI=1S/C34H64N2O6/c1-5-6-7-8-9-10-11-12-13-14-15-16-17-18-31(37)35-29-19-21-30(22-20-29)36-32(38)23-25-40-27-28-41-26-24-33(39)42-34(2,3)4/h29-30H,5-28H2,1-4H3,(H,35,37)(H,36,38)/t29-,30-. The number of carbonyl (C=O) groups excluding carboxylic acids is 3. The van der Waals surface area contributed by atoms with Crippen LogP contribution in [0.1, 0.15) is 156 Å². The van der Waals surface area contributed by atoms with Crippen LogP contribution in [0.15, 0.2) is 0 Å². The molecule has 1 fully saturated rings. The van der Waals surface area contributed by atoms with E-state index >= 15 is 0 Å². The molecule has 1 aliphatic rings. The summed E-state index contributed by atoms with van der Waals surface area (Å²) in [5, 5.41) is 6.31. The molecule has 1 aliphatic carbocycles. The largest absolute Gasteiger partial charge is 0.460 e. The van der Waals surface area contributed by atoms with Crippen LogP contribution in [-0.4, -0.2) is 61.9 Å². The van der Waals surface area contributed by atoms with E-state index in [0.717, 1.165) is 38.5 Å². The minimum absolute atomic E-state index is 0.00395. The zero-order chi connectivity index (χ0) is 30.9. The van der Waals surface area contributed by atoms with Gasteiger partial charge in [-0.2, -0.15) is 0 Å². The van der Waals surface area contributed by atoms with Gasteiger partial charge in [0.2, 0.25) is 11.8 Å². The number of hydrogen-bond acceptors (Lipinski definition) is 6. The van der Waals surface area contributed by atoms with Crippen molar-refractivity contribution in [1.82, 2.24) is 10.6 Å². The number of hydrogen-bond donors (Lipinski definition) is 2. The topological polar surface area (TPSA) is 103 Å². The van der Waals surface area contributed by atoms with Gasteiger partial charge in [-0.1, -0.05) is 84.0 Å². The maximum Gasteiger partial charge on any atom is 0.308 e. The lowest BCUT2D eigenvalue weighted by atomic mass is 9.91. The van der Waals surface area contributed by atoms with Gasteiger partial charge in [0.25, 0.3) is 0 Å². The number of ether oxygens (including phenoxy) is 3. The van der Waals surface area contributed by atoms with Crippen molar-refractivity contribution in [1.29, 1.82) is 0 Å². The average molecular weight is 597 g/mol. The first kappa shape index (κ1) is 38.4. The summed E-state index contributed by atoms with van der Waals surface area (Å²) in [4.78, 5) is 36.2. The van der Waals surface area contributed by atoms with Gasteiger partial charge in [0.1, 0.15) is 5.60 Å². The minimum Gasteiger partial charge on any atom is -0.460 e. The molecular formula is C34H64N2O6. The molecule has 0 spiro atoms. The van der Waals surface area contributed by atoms with Crippen LogP contribution in [-0.2, 0) is 28.6 Å². The van der Waals surface area contributed by atoms with Crippen molar-refractivity contribution in [2.24, 2.45) is 0 Å². The summed E-state index contributed by atoms with van der Waals surface area (Å²) in [5.41, 5.74) is -0.485. The zero-order valence-electron chi connectivity index (χ0n) is 27.6. The summed E-state index contributed by atoms with van der Waals surface area (Å²) in [6, 6.07) is 0.397. The first-order valence-corrected chi connectivity index (χ1v) is 17.2. The molecule has 0 aliphatic heterocycles. The molecular weight excluding hydrogens is 532 g/mol. The summed E-state index contributed by atoms with van der Waals surface area (Å²) in [6.45, 7) is 9.16. The third-order valence-electron chi connectivity index (χ3n) is 7.68. The van der Waals surface area contributed by atoms with Crippen molar-refractivity contribution in [3.8, 4) is 0 Å². The fraction of sp³-hybridized carbons (Fsp3) is 0.912. The predicted molar refractivity (Wildman–Crippen MR) is 169 cm³/mol. The maximum absolute atomic E-state index is 12.4. The highest BCUT2D eigenvalue weighted by Gasteiger charge is 2.23. The fourth-order valence-corrected chi connectivity index (χ4v) is 5.32. The predicted octanol–water partition coefficient (Wildman–Crippen LogP) is 7.17. The number of carbonyl (C=O) groups is 3. The van der Waals surface area contributed by atoms with E-state index in [1.165, 1.54) is 70.6 Å². The van der Waals surface area contributed by atoms with Gasteiger partial charge in [0.15, 0.2) is 0 Å². The van der Waals surface area contributed by atoms with E-state index in [0.29, 0.717) is 39.3 Å². The molecule has 8 heteroatoms. The first-order valence-electron chi connectivity index (χ1n) is 17.2. The molecule has 2 N–H and O–H groups in total. The van der Waals surface area contributed by atoms with Gasteiger partial charge in [-0.05, 0) is 52.9 Å². The number of unbranched alkanes of at least 4 members (excludes halogenated alkanes) is 12. The van der Waals surface area contributed by atoms with Crippen LogP contribution in [0.2, 0.25) is 0 Å². The quantitative estimate of drug-likeness (QED) is 0.0856. The summed E-state index contributed by atoms with van der Waals surface area (Å²) < 4.78 is 16.1. The van der Waals surface area contributed by atoms with Crippen LogP contribution in [0.3, 0.4) is 0 Å². The van der Waals surface area contributed by atoms with Crippen LogP contribution < -0.4 is 10.6 Å². The van der Waals surface area contributed by atoms with E-state index < -0.39 is 5.60 Å². The number of nitrogens with one attached hydrogen (secondary N) is 2. The van der Waals surface area contributed by atoms with E-state index in [1.807, 2.05) is 20.8 Å². The molecule has 0 atom stereocenters. The Balaban J connectivity index is 1.92. The highest BCUT2D eigenvalue weighted by molar-refractivity contribution is 5.76. The molecule has 2 amide bonds. The molecule has 0 aromatic rings. The van der Waals surface area contributed by atoms with Crippen molar-refractivity contribution >= 4 is 17.8 Å². The maximum atomic E-state index is 12.4. The summed E-state index contributed by atoms with van der Waals surface area (Å²) in [6.07, 6.45) is 21.8. The molecule has 1 saturated carbocycles. The van der Waals surface area contributed by atoms with Gasteiger partial charge in [-0.25, -0.2) is 0 Å². The van der Waals surface area contributed by atoms with Crippen LogP contribution >= 0.6 is 0 Å². The van der Waals surface area contributed by atoms with Crippen molar-refractivity contribution in [2.45, 2.75) is 174 Å². The van der Waals surface area contributed by atoms with Gasteiger partial charge < -0.3 is 24.8 Å². The lowest BCUT2D eigenvalue weighted by molar-refractivity contribution is -0.156. The Morgan fingerprint density at radius 3 is 1.43 bits per heavy atom. The lowest BCUT2D eigenvalue weighted by Gasteiger charge is -2.29. The van der Waals surface area contributed by atoms with Gasteiger partial charge in [-0.3, -0.25) is 14.4 Å². The third kappa shape index (κ3) is 23.8. The monoisotopic (exact) mass is 596 g/mol. The highest BCUT2D eigenvalue weighted by Crippen LogP contribution is 2.19. The number of rotatable bonds is 25. The van der Waals surface area contributed by atoms with E-state index in [9.17, 15) is 14.4 Å².